The highest BCUT2D eigenvalue weighted by Gasteiger charge is 2.24. The van der Waals surface area contributed by atoms with Gasteiger partial charge in [0.05, 0.1) is 30.7 Å². The van der Waals surface area contributed by atoms with Crippen molar-refractivity contribution in [3.8, 4) is 11.5 Å². The van der Waals surface area contributed by atoms with Crippen molar-refractivity contribution in [3.05, 3.63) is 72.3 Å². The second-order valence-corrected chi connectivity index (χ2v) is 10.2. The van der Waals surface area contributed by atoms with Crippen LogP contribution in [0, 0.1) is 0 Å². The van der Waals surface area contributed by atoms with Crippen LogP contribution < -0.4 is 35.2 Å². The first-order valence-electron chi connectivity index (χ1n) is 15.0. The van der Waals surface area contributed by atoms with Crippen molar-refractivity contribution in [3.63, 3.8) is 0 Å². The third-order valence-corrected chi connectivity index (χ3v) is 7.59. The summed E-state index contributed by atoms with van der Waals surface area (Å²) >= 11 is 0. The third-order valence-electron chi connectivity index (χ3n) is 7.59. The van der Waals surface area contributed by atoms with Crippen LogP contribution in [0.4, 0.5) is 27.5 Å². The molecule has 4 rings (SSSR count). The van der Waals surface area contributed by atoms with Crippen LogP contribution in [0.25, 0.3) is 0 Å². The smallest absolute Gasteiger partial charge is 0.323 e. The maximum absolute atomic E-state index is 13.6. The van der Waals surface area contributed by atoms with Crippen LogP contribution >= 0.6 is 0 Å². The molecule has 0 spiro atoms. The molecule has 3 aromatic carbocycles. The van der Waals surface area contributed by atoms with Crippen LogP contribution in [-0.4, -0.2) is 82.9 Å². The molecular formula is C33H44N6O4. The number of nitrogens with one attached hydrogen (secondary N) is 3. The Morgan fingerprint density at radius 2 is 1.47 bits per heavy atom. The molecule has 1 aliphatic rings. The molecule has 3 amide bonds. The average molecular weight is 589 g/mol. The number of hydrogen-bond donors (Lipinski definition) is 3. The fourth-order valence-electron chi connectivity index (χ4n) is 5.25. The number of amides is 3. The number of urea groups is 1. The quantitative estimate of drug-likeness (QED) is 0.255. The maximum Gasteiger partial charge on any atom is 0.323 e. The lowest BCUT2D eigenvalue weighted by Crippen LogP contribution is -2.47. The Morgan fingerprint density at radius 1 is 0.814 bits per heavy atom. The molecule has 3 N–H and O–H groups in total. The minimum atomic E-state index is -0.418. The summed E-state index contributed by atoms with van der Waals surface area (Å²) in [6.07, 6.45) is 0. The van der Waals surface area contributed by atoms with E-state index in [9.17, 15) is 9.59 Å². The van der Waals surface area contributed by atoms with Gasteiger partial charge in [0, 0.05) is 50.6 Å². The number of ether oxygens (including phenoxy) is 2. The Balaban J connectivity index is 1.51. The van der Waals surface area contributed by atoms with Crippen molar-refractivity contribution in [2.24, 2.45) is 0 Å². The zero-order valence-electron chi connectivity index (χ0n) is 25.7. The van der Waals surface area contributed by atoms with E-state index in [1.807, 2.05) is 55.5 Å². The van der Waals surface area contributed by atoms with Crippen LogP contribution in [0.5, 0.6) is 11.5 Å². The fraction of sp³-hybridized carbons (Fsp3) is 0.394. The van der Waals surface area contributed by atoms with E-state index >= 15 is 0 Å². The Morgan fingerprint density at radius 3 is 2.14 bits per heavy atom. The Kier molecular flexibility index (Phi) is 11.5. The molecular weight excluding hydrogens is 544 g/mol. The zero-order chi connectivity index (χ0) is 30.6. The number of carbonyl (C=O) groups is 2. The van der Waals surface area contributed by atoms with Crippen molar-refractivity contribution >= 4 is 34.7 Å². The molecule has 3 aromatic rings. The second kappa shape index (κ2) is 15.7. The van der Waals surface area contributed by atoms with Gasteiger partial charge >= 0.3 is 6.03 Å². The van der Waals surface area contributed by atoms with Gasteiger partial charge in [0.1, 0.15) is 11.5 Å². The van der Waals surface area contributed by atoms with Crippen molar-refractivity contribution in [1.82, 2.24) is 10.2 Å². The molecule has 1 fully saturated rings. The minimum absolute atomic E-state index is 0.167. The maximum atomic E-state index is 13.6. The largest absolute Gasteiger partial charge is 0.495 e. The molecule has 0 aliphatic carbocycles. The van der Waals surface area contributed by atoms with Crippen molar-refractivity contribution in [1.29, 1.82) is 0 Å². The van der Waals surface area contributed by atoms with E-state index in [1.54, 1.807) is 19.2 Å². The molecule has 1 heterocycles. The summed E-state index contributed by atoms with van der Waals surface area (Å²) in [7, 11) is 1.69. The molecule has 0 saturated carbocycles. The lowest BCUT2D eigenvalue weighted by Gasteiger charge is -2.38. The van der Waals surface area contributed by atoms with E-state index in [0.717, 1.165) is 62.9 Å². The fourth-order valence-corrected chi connectivity index (χ4v) is 5.25. The van der Waals surface area contributed by atoms with Crippen molar-refractivity contribution in [2.75, 3.05) is 86.5 Å². The first-order chi connectivity index (χ1) is 21.0. The van der Waals surface area contributed by atoms with Gasteiger partial charge in [0.2, 0.25) is 0 Å². The molecule has 43 heavy (non-hydrogen) atoms. The predicted octanol–water partition coefficient (Wildman–Crippen LogP) is 5.14. The third kappa shape index (κ3) is 8.32. The van der Waals surface area contributed by atoms with E-state index in [1.165, 1.54) is 0 Å². The Bertz CT molecular complexity index is 1350. The highest BCUT2D eigenvalue weighted by atomic mass is 16.5. The van der Waals surface area contributed by atoms with E-state index in [2.05, 4.69) is 50.6 Å². The molecule has 10 nitrogen and oxygen atoms in total. The molecule has 0 atom stereocenters. The number of methoxy groups -OCH3 is 1. The van der Waals surface area contributed by atoms with Crippen molar-refractivity contribution < 1.29 is 19.1 Å². The van der Waals surface area contributed by atoms with Crippen LogP contribution in [0.15, 0.2) is 66.7 Å². The number of hydrogen-bond acceptors (Lipinski definition) is 7. The van der Waals surface area contributed by atoms with Gasteiger partial charge in [-0.1, -0.05) is 38.1 Å². The molecule has 0 bridgehead atoms. The summed E-state index contributed by atoms with van der Waals surface area (Å²) < 4.78 is 11.2. The number of nitrogens with zero attached hydrogens (tertiary/aromatic N) is 3. The summed E-state index contributed by atoms with van der Waals surface area (Å²) in [5.74, 6) is 1.28. The number of likely N-dealkylation sites (N-methyl/N-ethyl adjacent to an activating group) is 1. The number of rotatable bonds is 13. The molecule has 1 saturated heterocycles. The number of anilines is 4. The standard InChI is InChI=1S/C33H44N6O4/c1-5-37(6-2)19-18-34-32(40)26-24-25(35-33(41)36-27-12-8-10-14-30(27)43-7-3)16-17-28(26)38-20-22-39(23-21-38)29-13-9-11-15-31(29)42-4/h8-17,24H,5-7,18-23H2,1-4H3,(H,34,40)(H2,35,36,41). The van der Waals surface area contributed by atoms with Crippen LogP contribution in [0.2, 0.25) is 0 Å². The second-order valence-electron chi connectivity index (χ2n) is 10.2. The van der Waals surface area contributed by atoms with Crippen LogP contribution in [0.3, 0.4) is 0 Å². The summed E-state index contributed by atoms with van der Waals surface area (Å²) in [5, 5.41) is 8.83. The van der Waals surface area contributed by atoms with Crippen LogP contribution in [-0.2, 0) is 0 Å². The van der Waals surface area contributed by atoms with E-state index in [-0.39, 0.29) is 5.91 Å². The highest BCUT2D eigenvalue weighted by molar-refractivity contribution is 6.04. The number of carbonyl (C=O) groups excluding carboxylic acids is 2. The predicted molar refractivity (Wildman–Crippen MR) is 174 cm³/mol. The van der Waals surface area contributed by atoms with E-state index in [0.29, 0.717) is 35.8 Å². The SMILES string of the molecule is CCOc1ccccc1NC(=O)Nc1ccc(N2CCN(c3ccccc3OC)CC2)c(C(=O)NCCN(CC)CC)c1. The highest BCUT2D eigenvalue weighted by Crippen LogP contribution is 2.31. The Hall–Kier alpha value is -4.44. The molecule has 10 heteroatoms. The van der Waals surface area contributed by atoms with Gasteiger partial charge < -0.3 is 40.1 Å². The average Bonchev–Trinajstić information content (AvgIpc) is 3.04. The number of para-hydroxylation sites is 4. The van der Waals surface area contributed by atoms with Gasteiger partial charge in [0.25, 0.3) is 5.91 Å². The van der Waals surface area contributed by atoms with Gasteiger partial charge in [0.15, 0.2) is 0 Å². The summed E-state index contributed by atoms with van der Waals surface area (Å²) in [5.41, 5.74) is 3.53. The molecule has 0 aromatic heterocycles. The van der Waals surface area contributed by atoms with Gasteiger partial charge in [-0.25, -0.2) is 4.79 Å². The first kappa shape index (κ1) is 31.5. The normalized spacial score (nSPS) is 13.0. The lowest BCUT2D eigenvalue weighted by molar-refractivity contribution is 0.0949. The Labute approximate surface area is 254 Å². The van der Waals surface area contributed by atoms with Crippen molar-refractivity contribution in [2.45, 2.75) is 20.8 Å². The molecule has 0 radical (unpaired) electrons. The monoisotopic (exact) mass is 588 g/mol. The van der Waals surface area contributed by atoms with Gasteiger partial charge in [-0.2, -0.15) is 0 Å². The summed E-state index contributed by atoms with van der Waals surface area (Å²) in [4.78, 5) is 33.3. The topological polar surface area (TPSA) is 98.4 Å². The van der Waals surface area contributed by atoms with Gasteiger partial charge in [-0.05, 0) is 62.5 Å². The summed E-state index contributed by atoms with van der Waals surface area (Å²) in [6.45, 7) is 12.8. The molecule has 1 aliphatic heterocycles. The minimum Gasteiger partial charge on any atom is -0.495 e. The zero-order valence-corrected chi connectivity index (χ0v) is 25.7. The first-order valence-corrected chi connectivity index (χ1v) is 15.0. The van der Waals surface area contributed by atoms with E-state index in [4.69, 9.17) is 9.47 Å². The molecule has 230 valence electrons. The van der Waals surface area contributed by atoms with Gasteiger partial charge in [-0.3, -0.25) is 4.79 Å². The number of piperazine rings is 1. The van der Waals surface area contributed by atoms with E-state index < -0.39 is 6.03 Å². The lowest BCUT2D eigenvalue weighted by atomic mass is 10.1. The van der Waals surface area contributed by atoms with Gasteiger partial charge in [-0.15, -0.1) is 0 Å². The number of benzene rings is 3. The van der Waals surface area contributed by atoms with Crippen LogP contribution in [0.1, 0.15) is 31.1 Å². The summed E-state index contributed by atoms with van der Waals surface area (Å²) in [6, 6.07) is 20.4. The molecule has 0 unspecified atom stereocenters.